The predicted molar refractivity (Wildman–Crippen MR) is 71.1 cm³/mol. The molecule has 0 saturated carbocycles. The van der Waals surface area contributed by atoms with Crippen molar-refractivity contribution in [2.45, 2.75) is 20.0 Å². The first-order chi connectivity index (χ1) is 8.56. The summed E-state index contributed by atoms with van der Waals surface area (Å²) in [5, 5.41) is 10.0. The van der Waals surface area contributed by atoms with Crippen LogP contribution in [0.1, 0.15) is 24.2 Å². The third kappa shape index (κ3) is 3.00. The number of aromatic nitrogens is 1. The summed E-state index contributed by atoms with van der Waals surface area (Å²) in [5.41, 5.74) is 1.82. The van der Waals surface area contributed by atoms with Crippen LogP contribution in [0.4, 0.5) is 0 Å². The van der Waals surface area contributed by atoms with Gasteiger partial charge in [0.05, 0.1) is 11.1 Å². The van der Waals surface area contributed by atoms with E-state index in [9.17, 15) is 5.11 Å². The van der Waals surface area contributed by atoms with Crippen molar-refractivity contribution in [3.8, 4) is 11.6 Å². The molecular weight excluding hydrogens is 250 g/mol. The van der Waals surface area contributed by atoms with E-state index < -0.39 is 6.10 Å². The molecule has 1 heterocycles. The minimum atomic E-state index is -0.552. The topological polar surface area (TPSA) is 42.4 Å². The maximum atomic E-state index is 9.50. The molecule has 0 radical (unpaired) electrons. The van der Waals surface area contributed by atoms with Crippen LogP contribution < -0.4 is 4.74 Å². The fourth-order valence-electron chi connectivity index (χ4n) is 1.54. The minimum absolute atomic E-state index is 0.416. The first-order valence-electron chi connectivity index (χ1n) is 5.64. The van der Waals surface area contributed by atoms with Crippen LogP contribution in [0, 0.1) is 6.92 Å². The molecule has 1 unspecified atom stereocenters. The number of hydrogen-bond donors (Lipinski definition) is 1. The van der Waals surface area contributed by atoms with Crippen molar-refractivity contribution in [3.63, 3.8) is 0 Å². The van der Waals surface area contributed by atoms with Crippen molar-refractivity contribution in [1.29, 1.82) is 0 Å². The van der Waals surface area contributed by atoms with Gasteiger partial charge in [-0.3, -0.25) is 0 Å². The summed E-state index contributed by atoms with van der Waals surface area (Å²) in [6.07, 6.45) is 1.04. The van der Waals surface area contributed by atoms with Crippen LogP contribution in [-0.2, 0) is 0 Å². The van der Waals surface area contributed by atoms with Gasteiger partial charge in [-0.2, -0.15) is 0 Å². The Bertz CT molecular complexity index is 555. The fraction of sp³-hybridized carbons (Fsp3) is 0.214. The highest BCUT2D eigenvalue weighted by atomic mass is 35.5. The molecule has 18 heavy (non-hydrogen) atoms. The lowest BCUT2D eigenvalue weighted by Crippen LogP contribution is -1.94. The molecule has 94 valence electrons. The number of hydrogen-bond acceptors (Lipinski definition) is 3. The number of aryl methyl sites for hydroxylation is 1. The molecule has 1 N–H and O–H groups in total. The van der Waals surface area contributed by atoms with Crippen molar-refractivity contribution >= 4 is 11.6 Å². The number of nitrogens with zero attached hydrogens (tertiary/aromatic N) is 1. The van der Waals surface area contributed by atoms with Crippen molar-refractivity contribution in [2.75, 3.05) is 0 Å². The SMILES string of the molecule is Cc1ccc(Oc2cc(C(C)O)ccn2)c(Cl)c1. The van der Waals surface area contributed by atoms with E-state index in [1.54, 1.807) is 31.3 Å². The largest absolute Gasteiger partial charge is 0.437 e. The highest BCUT2D eigenvalue weighted by Crippen LogP contribution is 2.29. The lowest BCUT2D eigenvalue weighted by atomic mass is 10.2. The van der Waals surface area contributed by atoms with E-state index >= 15 is 0 Å². The second-order valence-electron chi connectivity index (χ2n) is 4.14. The zero-order valence-electron chi connectivity index (χ0n) is 10.2. The van der Waals surface area contributed by atoms with Gasteiger partial charge in [0.25, 0.3) is 0 Å². The highest BCUT2D eigenvalue weighted by Gasteiger charge is 2.07. The number of pyridine rings is 1. The van der Waals surface area contributed by atoms with Crippen molar-refractivity contribution in [2.24, 2.45) is 0 Å². The van der Waals surface area contributed by atoms with Gasteiger partial charge in [-0.1, -0.05) is 17.7 Å². The Morgan fingerprint density at radius 3 is 2.72 bits per heavy atom. The fourth-order valence-corrected chi connectivity index (χ4v) is 1.82. The first-order valence-corrected chi connectivity index (χ1v) is 6.02. The predicted octanol–water partition coefficient (Wildman–Crippen LogP) is 3.89. The first kappa shape index (κ1) is 12.9. The number of benzene rings is 1. The van der Waals surface area contributed by atoms with E-state index in [1.807, 2.05) is 19.1 Å². The van der Waals surface area contributed by atoms with Gasteiger partial charge in [-0.25, -0.2) is 4.98 Å². The van der Waals surface area contributed by atoms with Gasteiger partial charge in [0, 0.05) is 12.3 Å². The Labute approximate surface area is 111 Å². The summed E-state index contributed by atoms with van der Waals surface area (Å²) >= 11 is 6.08. The normalized spacial score (nSPS) is 12.2. The molecule has 0 aliphatic heterocycles. The maximum absolute atomic E-state index is 9.50. The molecule has 0 saturated heterocycles. The van der Waals surface area contributed by atoms with E-state index in [-0.39, 0.29) is 0 Å². The molecule has 3 nitrogen and oxygen atoms in total. The van der Waals surface area contributed by atoms with Crippen LogP contribution in [0.25, 0.3) is 0 Å². The molecule has 1 atom stereocenters. The summed E-state index contributed by atoms with van der Waals surface area (Å²) in [4.78, 5) is 4.09. The van der Waals surface area contributed by atoms with E-state index in [0.29, 0.717) is 16.7 Å². The number of rotatable bonds is 3. The number of aliphatic hydroxyl groups excluding tert-OH is 1. The molecular formula is C14H14ClNO2. The third-order valence-corrected chi connectivity index (χ3v) is 2.84. The van der Waals surface area contributed by atoms with Gasteiger partial charge in [0.2, 0.25) is 5.88 Å². The lowest BCUT2D eigenvalue weighted by Gasteiger charge is -2.09. The minimum Gasteiger partial charge on any atom is -0.437 e. The number of ether oxygens (including phenoxy) is 1. The molecule has 1 aromatic heterocycles. The molecule has 0 aliphatic rings. The second-order valence-corrected chi connectivity index (χ2v) is 4.55. The van der Waals surface area contributed by atoms with Gasteiger partial charge >= 0.3 is 0 Å². The standard InChI is InChI=1S/C14H14ClNO2/c1-9-3-4-13(12(15)7-9)18-14-8-11(10(2)17)5-6-16-14/h3-8,10,17H,1-2H3. The van der Waals surface area contributed by atoms with Crippen LogP contribution >= 0.6 is 11.6 Å². The van der Waals surface area contributed by atoms with Crippen LogP contribution in [-0.4, -0.2) is 10.1 Å². The van der Waals surface area contributed by atoms with E-state index in [2.05, 4.69) is 4.98 Å². The Hall–Kier alpha value is -1.58. The Balaban J connectivity index is 2.25. The number of halogens is 1. The lowest BCUT2D eigenvalue weighted by molar-refractivity contribution is 0.198. The molecule has 4 heteroatoms. The van der Waals surface area contributed by atoms with Crippen LogP contribution in [0.2, 0.25) is 5.02 Å². The zero-order chi connectivity index (χ0) is 13.1. The zero-order valence-corrected chi connectivity index (χ0v) is 11.0. The van der Waals surface area contributed by atoms with Gasteiger partial charge in [0.1, 0.15) is 5.75 Å². The van der Waals surface area contributed by atoms with Gasteiger partial charge in [-0.05, 0) is 43.2 Å². The quantitative estimate of drug-likeness (QED) is 0.914. The Morgan fingerprint density at radius 1 is 1.28 bits per heavy atom. The second kappa shape index (κ2) is 5.38. The molecule has 0 bridgehead atoms. The van der Waals surface area contributed by atoms with E-state index in [0.717, 1.165) is 11.1 Å². The molecule has 0 spiro atoms. The van der Waals surface area contributed by atoms with Gasteiger partial charge in [0.15, 0.2) is 0 Å². The molecule has 0 amide bonds. The van der Waals surface area contributed by atoms with Gasteiger partial charge in [-0.15, -0.1) is 0 Å². The van der Waals surface area contributed by atoms with Crippen molar-refractivity contribution in [1.82, 2.24) is 4.98 Å². The molecule has 2 rings (SSSR count). The van der Waals surface area contributed by atoms with Crippen molar-refractivity contribution in [3.05, 3.63) is 52.7 Å². The molecule has 1 aromatic carbocycles. The number of aliphatic hydroxyl groups is 1. The van der Waals surface area contributed by atoms with Crippen LogP contribution in [0.15, 0.2) is 36.5 Å². The van der Waals surface area contributed by atoms with E-state index in [1.165, 1.54) is 0 Å². The highest BCUT2D eigenvalue weighted by molar-refractivity contribution is 6.32. The maximum Gasteiger partial charge on any atom is 0.219 e. The smallest absolute Gasteiger partial charge is 0.219 e. The Kier molecular flexibility index (Phi) is 3.84. The molecule has 2 aromatic rings. The summed E-state index contributed by atoms with van der Waals surface area (Å²) < 4.78 is 5.60. The summed E-state index contributed by atoms with van der Waals surface area (Å²) in [5.74, 6) is 0.969. The summed E-state index contributed by atoms with van der Waals surface area (Å²) in [6.45, 7) is 3.65. The van der Waals surface area contributed by atoms with Crippen molar-refractivity contribution < 1.29 is 9.84 Å². The van der Waals surface area contributed by atoms with Gasteiger partial charge < -0.3 is 9.84 Å². The average molecular weight is 264 g/mol. The summed E-state index contributed by atoms with van der Waals surface area (Å²) in [6, 6.07) is 8.98. The average Bonchev–Trinajstić information content (AvgIpc) is 2.33. The van der Waals surface area contributed by atoms with Crippen LogP contribution in [0.5, 0.6) is 11.6 Å². The van der Waals surface area contributed by atoms with Crippen LogP contribution in [0.3, 0.4) is 0 Å². The third-order valence-electron chi connectivity index (χ3n) is 2.54. The monoisotopic (exact) mass is 263 g/mol. The molecule has 0 fully saturated rings. The molecule has 0 aliphatic carbocycles. The summed E-state index contributed by atoms with van der Waals surface area (Å²) in [7, 11) is 0. The van der Waals surface area contributed by atoms with E-state index in [4.69, 9.17) is 16.3 Å². The Morgan fingerprint density at radius 2 is 2.06 bits per heavy atom.